The van der Waals surface area contributed by atoms with Gasteiger partial charge in [-0.2, -0.15) is 0 Å². The van der Waals surface area contributed by atoms with Crippen molar-refractivity contribution in [1.29, 1.82) is 0 Å². The van der Waals surface area contributed by atoms with Crippen LogP contribution in [0.2, 0.25) is 0 Å². The quantitative estimate of drug-likeness (QED) is 0.615. The molecule has 0 aliphatic rings. The highest BCUT2D eigenvalue weighted by molar-refractivity contribution is 9.10. The zero-order chi connectivity index (χ0) is 13.5. The molecule has 0 saturated carbocycles. The smallest absolute Gasteiger partial charge is 0.143 e. The highest BCUT2D eigenvalue weighted by atomic mass is 79.9. The van der Waals surface area contributed by atoms with Crippen LogP contribution in [0.1, 0.15) is 25.3 Å². The topological polar surface area (TPSA) is 29.5 Å². The molecule has 1 aromatic carbocycles. The van der Waals surface area contributed by atoms with Gasteiger partial charge in [0.05, 0.1) is 10.6 Å². The Labute approximate surface area is 114 Å². The highest BCUT2D eigenvalue weighted by Crippen LogP contribution is 2.23. The fourth-order valence-electron chi connectivity index (χ4n) is 1.66. The van der Waals surface area contributed by atoms with Crippen LogP contribution >= 0.6 is 15.9 Å². The lowest BCUT2D eigenvalue weighted by atomic mass is 10.0. The summed E-state index contributed by atoms with van der Waals surface area (Å²) in [4.78, 5) is 0. The maximum atomic E-state index is 13.6. The van der Waals surface area contributed by atoms with Crippen molar-refractivity contribution in [2.75, 3.05) is 13.2 Å². The van der Waals surface area contributed by atoms with Crippen molar-refractivity contribution in [3.05, 3.63) is 33.8 Å². The molecule has 1 rings (SSSR count). The van der Waals surface area contributed by atoms with Gasteiger partial charge in [0.25, 0.3) is 0 Å². The molecule has 0 bridgehead atoms. The molecule has 0 aromatic heterocycles. The summed E-state index contributed by atoms with van der Waals surface area (Å²) in [5.41, 5.74) is -0.0757. The molecule has 1 unspecified atom stereocenters. The molecule has 0 saturated heterocycles. The van der Waals surface area contributed by atoms with Crippen LogP contribution in [0.4, 0.5) is 8.78 Å². The first-order valence-electron chi connectivity index (χ1n) is 5.94. The van der Waals surface area contributed by atoms with Gasteiger partial charge in [-0.05, 0) is 47.8 Å². The summed E-state index contributed by atoms with van der Waals surface area (Å²) in [6.45, 7) is 3.07. The van der Waals surface area contributed by atoms with Crippen LogP contribution in [0.15, 0.2) is 16.6 Å². The van der Waals surface area contributed by atoms with E-state index in [-0.39, 0.29) is 16.5 Å². The molecule has 1 aromatic rings. The number of aliphatic hydroxyl groups is 1. The van der Waals surface area contributed by atoms with E-state index in [4.69, 9.17) is 4.74 Å². The van der Waals surface area contributed by atoms with E-state index < -0.39 is 17.7 Å². The number of ether oxygens (including phenoxy) is 1. The van der Waals surface area contributed by atoms with Crippen LogP contribution in [0.3, 0.4) is 0 Å². The van der Waals surface area contributed by atoms with Crippen molar-refractivity contribution in [1.82, 2.24) is 0 Å². The average molecular weight is 323 g/mol. The second-order valence-electron chi connectivity index (χ2n) is 4.02. The molecular formula is C13H17BrF2O2. The van der Waals surface area contributed by atoms with Crippen LogP contribution in [-0.4, -0.2) is 24.4 Å². The van der Waals surface area contributed by atoms with Gasteiger partial charge in [0.15, 0.2) is 0 Å². The first-order chi connectivity index (χ1) is 8.56. The zero-order valence-electron chi connectivity index (χ0n) is 10.3. The van der Waals surface area contributed by atoms with E-state index in [1.54, 1.807) is 0 Å². The third-order valence-electron chi connectivity index (χ3n) is 2.61. The Morgan fingerprint density at radius 3 is 2.78 bits per heavy atom. The summed E-state index contributed by atoms with van der Waals surface area (Å²) in [6, 6.07) is 2.51. The summed E-state index contributed by atoms with van der Waals surface area (Å²) in [6.07, 6.45) is 0.352. The van der Waals surface area contributed by atoms with E-state index in [0.29, 0.717) is 26.1 Å². The lowest BCUT2D eigenvalue weighted by Crippen LogP contribution is -2.14. The Balaban J connectivity index is 2.54. The first kappa shape index (κ1) is 15.5. The molecule has 1 atom stereocenters. The third-order valence-corrected chi connectivity index (χ3v) is 3.22. The Morgan fingerprint density at radius 2 is 2.11 bits per heavy atom. The summed E-state index contributed by atoms with van der Waals surface area (Å²) in [7, 11) is 0. The lowest BCUT2D eigenvalue weighted by Gasteiger charge is -2.12. The predicted octanol–water partition coefficient (Wildman–Crippen LogP) is 3.45. The Bertz CT molecular complexity index is 385. The fraction of sp³-hybridized carbons (Fsp3) is 0.538. The molecule has 18 heavy (non-hydrogen) atoms. The number of halogens is 3. The van der Waals surface area contributed by atoms with Crippen molar-refractivity contribution in [2.45, 2.75) is 32.3 Å². The Kier molecular flexibility index (Phi) is 6.75. The lowest BCUT2D eigenvalue weighted by molar-refractivity contribution is 0.113. The van der Waals surface area contributed by atoms with Crippen molar-refractivity contribution >= 4 is 15.9 Å². The van der Waals surface area contributed by atoms with Crippen LogP contribution in [0, 0.1) is 11.6 Å². The van der Waals surface area contributed by atoms with Crippen molar-refractivity contribution in [3.8, 4) is 0 Å². The molecule has 0 amide bonds. The summed E-state index contributed by atoms with van der Waals surface area (Å²) < 4.78 is 32.4. The van der Waals surface area contributed by atoms with Gasteiger partial charge in [-0.25, -0.2) is 8.78 Å². The summed E-state index contributed by atoms with van der Waals surface area (Å²) in [5.74, 6) is -1.27. The molecule has 1 N–H and O–H groups in total. The highest BCUT2D eigenvalue weighted by Gasteiger charge is 2.16. The van der Waals surface area contributed by atoms with E-state index in [1.807, 2.05) is 6.92 Å². The SMILES string of the molecule is CCOCCCC(O)Cc1c(F)ccc(Br)c1F. The van der Waals surface area contributed by atoms with E-state index in [0.717, 1.165) is 0 Å². The normalized spacial score (nSPS) is 12.7. The van der Waals surface area contributed by atoms with Crippen molar-refractivity contribution in [2.24, 2.45) is 0 Å². The molecule has 0 radical (unpaired) electrons. The number of aliphatic hydroxyl groups excluding tert-OH is 1. The molecular weight excluding hydrogens is 306 g/mol. The van der Waals surface area contributed by atoms with E-state index in [1.165, 1.54) is 12.1 Å². The molecule has 0 heterocycles. The van der Waals surface area contributed by atoms with Gasteiger partial charge in [-0.1, -0.05) is 0 Å². The molecule has 0 aliphatic heterocycles. The van der Waals surface area contributed by atoms with Gasteiger partial charge in [0, 0.05) is 25.2 Å². The van der Waals surface area contributed by atoms with Gasteiger partial charge in [-0.3, -0.25) is 0 Å². The third kappa shape index (κ3) is 4.63. The van der Waals surface area contributed by atoms with Gasteiger partial charge in [0.2, 0.25) is 0 Å². The Hall–Kier alpha value is -0.520. The monoisotopic (exact) mass is 322 g/mol. The fourth-order valence-corrected chi connectivity index (χ4v) is 2.03. The van der Waals surface area contributed by atoms with Gasteiger partial charge in [0.1, 0.15) is 11.6 Å². The maximum Gasteiger partial charge on any atom is 0.143 e. The largest absolute Gasteiger partial charge is 0.393 e. The minimum absolute atomic E-state index is 0.0246. The van der Waals surface area contributed by atoms with Crippen LogP contribution in [-0.2, 0) is 11.2 Å². The van der Waals surface area contributed by atoms with E-state index >= 15 is 0 Å². The van der Waals surface area contributed by atoms with E-state index in [9.17, 15) is 13.9 Å². The van der Waals surface area contributed by atoms with Crippen LogP contribution < -0.4 is 0 Å². The molecule has 102 valence electrons. The Morgan fingerprint density at radius 1 is 1.39 bits per heavy atom. The molecule has 0 fully saturated rings. The summed E-state index contributed by atoms with van der Waals surface area (Å²) >= 11 is 3.00. The van der Waals surface area contributed by atoms with Crippen molar-refractivity contribution < 1.29 is 18.6 Å². The average Bonchev–Trinajstić information content (AvgIpc) is 2.35. The van der Waals surface area contributed by atoms with E-state index in [2.05, 4.69) is 15.9 Å². The molecule has 5 heteroatoms. The summed E-state index contributed by atoms with van der Waals surface area (Å²) in [5, 5.41) is 9.74. The van der Waals surface area contributed by atoms with Crippen LogP contribution in [0.25, 0.3) is 0 Å². The van der Waals surface area contributed by atoms with Crippen molar-refractivity contribution in [3.63, 3.8) is 0 Å². The molecule has 0 spiro atoms. The predicted molar refractivity (Wildman–Crippen MR) is 69.5 cm³/mol. The number of hydrogen-bond donors (Lipinski definition) is 1. The number of benzene rings is 1. The van der Waals surface area contributed by atoms with Crippen LogP contribution in [0.5, 0.6) is 0 Å². The first-order valence-corrected chi connectivity index (χ1v) is 6.73. The zero-order valence-corrected chi connectivity index (χ0v) is 11.8. The minimum Gasteiger partial charge on any atom is -0.393 e. The minimum atomic E-state index is -0.760. The molecule has 2 nitrogen and oxygen atoms in total. The van der Waals surface area contributed by atoms with Gasteiger partial charge < -0.3 is 9.84 Å². The molecule has 0 aliphatic carbocycles. The number of hydrogen-bond acceptors (Lipinski definition) is 2. The van der Waals surface area contributed by atoms with Gasteiger partial charge in [-0.15, -0.1) is 0 Å². The van der Waals surface area contributed by atoms with Gasteiger partial charge >= 0.3 is 0 Å². The number of rotatable bonds is 7. The maximum absolute atomic E-state index is 13.6. The standard InChI is InChI=1S/C13H17BrF2O2/c1-2-18-7-3-4-9(17)8-10-12(15)6-5-11(14)13(10)16/h5-6,9,17H,2-4,7-8H2,1H3. The second kappa shape index (κ2) is 7.81. The second-order valence-corrected chi connectivity index (χ2v) is 4.87.